The molecule has 1 N–H and O–H groups in total. The summed E-state index contributed by atoms with van der Waals surface area (Å²) in [6, 6.07) is 16.9. The topological polar surface area (TPSA) is 49.4 Å². The SMILES string of the molecule is CC(C)NC(=O)[C@@H](C)N(Cc1ccccc1)C(=O)CSCc1cccc(Cl)c1. The van der Waals surface area contributed by atoms with Crippen molar-refractivity contribution in [1.29, 1.82) is 0 Å². The molecule has 0 aliphatic carbocycles. The average Bonchev–Trinajstić information content (AvgIpc) is 2.66. The number of benzene rings is 2. The van der Waals surface area contributed by atoms with E-state index in [1.165, 1.54) is 11.8 Å². The van der Waals surface area contributed by atoms with Crippen LogP contribution in [-0.2, 0) is 21.9 Å². The smallest absolute Gasteiger partial charge is 0.242 e. The van der Waals surface area contributed by atoms with Crippen molar-refractivity contribution in [3.8, 4) is 0 Å². The molecule has 0 fully saturated rings. The molecule has 2 aromatic rings. The second kappa shape index (κ2) is 11.1. The molecule has 1 atom stereocenters. The first-order chi connectivity index (χ1) is 13.4. The molecule has 0 heterocycles. The van der Waals surface area contributed by atoms with E-state index >= 15 is 0 Å². The molecule has 28 heavy (non-hydrogen) atoms. The quantitative estimate of drug-likeness (QED) is 0.651. The number of carbonyl (C=O) groups excluding carboxylic acids is 2. The minimum atomic E-state index is -0.540. The fourth-order valence-corrected chi connectivity index (χ4v) is 3.80. The van der Waals surface area contributed by atoms with Gasteiger partial charge < -0.3 is 10.2 Å². The van der Waals surface area contributed by atoms with Crippen LogP contribution in [0.3, 0.4) is 0 Å². The maximum Gasteiger partial charge on any atom is 0.242 e. The van der Waals surface area contributed by atoms with Crippen LogP contribution in [0.2, 0.25) is 5.02 Å². The first-order valence-corrected chi connectivity index (χ1v) is 10.9. The summed E-state index contributed by atoms with van der Waals surface area (Å²) >= 11 is 7.54. The van der Waals surface area contributed by atoms with Gasteiger partial charge in [0, 0.05) is 23.4 Å². The zero-order valence-corrected chi connectivity index (χ0v) is 18.1. The van der Waals surface area contributed by atoms with E-state index in [2.05, 4.69) is 5.32 Å². The van der Waals surface area contributed by atoms with Gasteiger partial charge in [-0.3, -0.25) is 9.59 Å². The number of amides is 2. The number of hydrogen-bond donors (Lipinski definition) is 1. The van der Waals surface area contributed by atoms with E-state index in [9.17, 15) is 9.59 Å². The van der Waals surface area contributed by atoms with Gasteiger partial charge in [0.2, 0.25) is 11.8 Å². The van der Waals surface area contributed by atoms with Gasteiger partial charge in [0.1, 0.15) is 6.04 Å². The molecule has 0 saturated carbocycles. The third-order valence-corrected chi connectivity index (χ3v) is 5.40. The fraction of sp³-hybridized carbons (Fsp3) is 0.364. The molecule has 150 valence electrons. The highest BCUT2D eigenvalue weighted by molar-refractivity contribution is 7.99. The largest absolute Gasteiger partial charge is 0.352 e. The number of halogens is 1. The monoisotopic (exact) mass is 418 g/mol. The Morgan fingerprint density at radius 3 is 2.36 bits per heavy atom. The summed E-state index contributed by atoms with van der Waals surface area (Å²) in [7, 11) is 0. The van der Waals surface area contributed by atoms with Crippen molar-refractivity contribution in [1.82, 2.24) is 10.2 Å². The van der Waals surface area contributed by atoms with Crippen LogP contribution in [0.25, 0.3) is 0 Å². The zero-order chi connectivity index (χ0) is 20.5. The summed E-state index contributed by atoms with van der Waals surface area (Å²) < 4.78 is 0. The summed E-state index contributed by atoms with van der Waals surface area (Å²) in [5.74, 6) is 0.804. The maximum atomic E-state index is 12.9. The second-order valence-electron chi connectivity index (χ2n) is 6.97. The Morgan fingerprint density at radius 2 is 1.71 bits per heavy atom. The molecule has 2 rings (SSSR count). The molecule has 4 nitrogen and oxygen atoms in total. The molecule has 2 amide bonds. The third kappa shape index (κ3) is 7.21. The zero-order valence-electron chi connectivity index (χ0n) is 16.5. The Bertz CT molecular complexity index is 783. The molecule has 0 unspecified atom stereocenters. The number of rotatable bonds is 9. The maximum absolute atomic E-state index is 12.9. The number of hydrogen-bond acceptors (Lipinski definition) is 3. The molecule has 0 spiro atoms. The van der Waals surface area contributed by atoms with Crippen molar-refractivity contribution in [2.75, 3.05) is 5.75 Å². The van der Waals surface area contributed by atoms with Gasteiger partial charge in [-0.2, -0.15) is 0 Å². The van der Waals surface area contributed by atoms with Crippen LogP contribution in [0.4, 0.5) is 0 Å². The molecule has 2 aromatic carbocycles. The van der Waals surface area contributed by atoms with Crippen molar-refractivity contribution >= 4 is 35.2 Å². The molecule has 6 heteroatoms. The molecular weight excluding hydrogens is 392 g/mol. The second-order valence-corrected chi connectivity index (χ2v) is 8.39. The van der Waals surface area contributed by atoms with Gasteiger partial charge in [-0.1, -0.05) is 54.1 Å². The molecule has 0 saturated heterocycles. The number of nitrogens with zero attached hydrogens (tertiary/aromatic N) is 1. The fourth-order valence-electron chi connectivity index (χ4n) is 2.73. The average molecular weight is 419 g/mol. The van der Waals surface area contributed by atoms with E-state index in [0.717, 1.165) is 11.1 Å². The Balaban J connectivity index is 2.03. The number of nitrogens with one attached hydrogen (secondary N) is 1. The van der Waals surface area contributed by atoms with Crippen LogP contribution in [0, 0.1) is 0 Å². The van der Waals surface area contributed by atoms with Crippen LogP contribution in [-0.4, -0.2) is 34.6 Å². The first-order valence-electron chi connectivity index (χ1n) is 9.32. The Morgan fingerprint density at radius 1 is 1.04 bits per heavy atom. The summed E-state index contributed by atoms with van der Waals surface area (Å²) in [4.78, 5) is 27.1. The van der Waals surface area contributed by atoms with Gasteiger partial charge in [0.25, 0.3) is 0 Å². The summed E-state index contributed by atoms with van der Waals surface area (Å²) in [6.45, 7) is 6.01. The molecule has 0 bridgehead atoms. The third-order valence-electron chi connectivity index (χ3n) is 4.18. The van der Waals surface area contributed by atoms with E-state index in [0.29, 0.717) is 23.1 Å². The summed E-state index contributed by atoms with van der Waals surface area (Å²) in [6.07, 6.45) is 0. The highest BCUT2D eigenvalue weighted by atomic mass is 35.5. The van der Waals surface area contributed by atoms with E-state index in [1.807, 2.05) is 68.4 Å². The highest BCUT2D eigenvalue weighted by Gasteiger charge is 2.26. The Hall–Kier alpha value is -1.98. The minimum Gasteiger partial charge on any atom is -0.352 e. The lowest BCUT2D eigenvalue weighted by Crippen LogP contribution is -2.49. The van der Waals surface area contributed by atoms with Crippen molar-refractivity contribution in [3.63, 3.8) is 0 Å². The highest BCUT2D eigenvalue weighted by Crippen LogP contribution is 2.18. The predicted octanol–water partition coefficient (Wildman–Crippen LogP) is 4.52. The van der Waals surface area contributed by atoms with Crippen molar-refractivity contribution in [2.45, 2.75) is 45.2 Å². The van der Waals surface area contributed by atoms with Crippen LogP contribution in [0.5, 0.6) is 0 Å². The van der Waals surface area contributed by atoms with Gasteiger partial charge in [-0.15, -0.1) is 11.8 Å². The van der Waals surface area contributed by atoms with Crippen molar-refractivity contribution in [2.24, 2.45) is 0 Å². The van der Waals surface area contributed by atoms with Gasteiger partial charge in [-0.25, -0.2) is 0 Å². The van der Waals surface area contributed by atoms with Gasteiger partial charge in [0.05, 0.1) is 5.75 Å². The van der Waals surface area contributed by atoms with Crippen LogP contribution < -0.4 is 5.32 Å². The van der Waals surface area contributed by atoms with E-state index < -0.39 is 6.04 Å². The van der Waals surface area contributed by atoms with Crippen molar-refractivity contribution < 1.29 is 9.59 Å². The lowest BCUT2D eigenvalue weighted by Gasteiger charge is -2.29. The number of carbonyl (C=O) groups is 2. The van der Waals surface area contributed by atoms with Crippen molar-refractivity contribution in [3.05, 3.63) is 70.7 Å². The predicted molar refractivity (Wildman–Crippen MR) is 117 cm³/mol. The lowest BCUT2D eigenvalue weighted by atomic mass is 10.1. The van der Waals surface area contributed by atoms with Gasteiger partial charge >= 0.3 is 0 Å². The summed E-state index contributed by atoms with van der Waals surface area (Å²) in [5, 5.41) is 3.59. The van der Waals surface area contributed by atoms with Crippen LogP contribution >= 0.6 is 23.4 Å². The standard InChI is InChI=1S/C22H27ClN2O2S/c1-16(2)24-22(27)17(3)25(13-18-8-5-4-6-9-18)21(26)15-28-14-19-10-7-11-20(23)12-19/h4-12,16-17H,13-15H2,1-3H3,(H,24,27)/t17-/m1/s1. The van der Waals surface area contributed by atoms with E-state index in [4.69, 9.17) is 11.6 Å². The van der Waals surface area contributed by atoms with Gasteiger partial charge in [-0.05, 0) is 44.0 Å². The van der Waals surface area contributed by atoms with Gasteiger partial charge in [0.15, 0.2) is 0 Å². The first kappa shape index (κ1) is 22.3. The Kier molecular flexibility index (Phi) is 8.87. The molecule has 0 aromatic heterocycles. The van der Waals surface area contributed by atoms with Crippen LogP contribution in [0.1, 0.15) is 31.9 Å². The van der Waals surface area contributed by atoms with E-state index in [1.54, 1.807) is 11.8 Å². The minimum absolute atomic E-state index is 0.0285. The summed E-state index contributed by atoms with van der Waals surface area (Å²) in [5.41, 5.74) is 2.07. The molecule has 0 aliphatic rings. The van der Waals surface area contributed by atoms with Crippen LogP contribution in [0.15, 0.2) is 54.6 Å². The lowest BCUT2D eigenvalue weighted by molar-refractivity contribution is -0.138. The Labute approximate surface area is 176 Å². The van der Waals surface area contributed by atoms with E-state index in [-0.39, 0.29) is 17.9 Å². The molecule has 0 aliphatic heterocycles. The number of thioether (sulfide) groups is 1. The molecule has 0 radical (unpaired) electrons. The molecular formula is C22H27ClN2O2S. The normalized spacial score (nSPS) is 11.9.